The topological polar surface area (TPSA) is 86.0 Å². The van der Waals surface area contributed by atoms with Crippen LogP contribution in [0.15, 0.2) is 10.2 Å². The number of guanidine groups is 1. The van der Waals surface area contributed by atoms with Crippen molar-refractivity contribution >= 4 is 12.2 Å². The van der Waals surface area contributed by atoms with Crippen LogP contribution < -0.4 is 11.5 Å². The van der Waals surface area contributed by atoms with Crippen molar-refractivity contribution in [1.29, 1.82) is 0 Å². The molecule has 0 bridgehead atoms. The molecule has 5 nitrogen and oxygen atoms in total. The molecule has 0 aromatic rings. The second-order valence-electron chi connectivity index (χ2n) is 2.34. The quantitative estimate of drug-likeness (QED) is 0.319. The molecule has 62 valence electrons. The smallest absolute Gasteiger partial charge is 0.211 e. The van der Waals surface area contributed by atoms with Gasteiger partial charge in [-0.2, -0.15) is 5.10 Å². The molecule has 1 aliphatic rings. The molecule has 11 heavy (non-hydrogen) atoms. The van der Waals surface area contributed by atoms with Gasteiger partial charge in [0.25, 0.3) is 0 Å². The molecule has 5 heteroatoms. The maximum atomic E-state index is 5.23. The average Bonchev–Trinajstić information content (AvgIpc) is 2.39. The maximum absolute atomic E-state index is 5.23. The van der Waals surface area contributed by atoms with Crippen LogP contribution in [0, 0.1) is 0 Å². The average molecular weight is 156 g/mol. The van der Waals surface area contributed by atoms with E-state index in [0.717, 1.165) is 19.4 Å². The second kappa shape index (κ2) is 3.92. The molecule has 1 aliphatic heterocycles. The van der Waals surface area contributed by atoms with Gasteiger partial charge >= 0.3 is 0 Å². The van der Waals surface area contributed by atoms with E-state index in [9.17, 15) is 0 Å². The lowest BCUT2D eigenvalue weighted by Gasteiger charge is -1.97. The van der Waals surface area contributed by atoms with E-state index in [1.165, 1.54) is 0 Å². The van der Waals surface area contributed by atoms with Crippen LogP contribution in [-0.4, -0.2) is 24.9 Å². The van der Waals surface area contributed by atoms with E-state index in [0.29, 0.717) is 0 Å². The first-order valence-corrected chi connectivity index (χ1v) is 3.53. The Morgan fingerprint density at radius 3 is 2.91 bits per heavy atom. The predicted molar refractivity (Wildman–Crippen MR) is 43.3 cm³/mol. The fourth-order valence-electron chi connectivity index (χ4n) is 0.894. The largest absolute Gasteiger partial charge is 0.372 e. The minimum atomic E-state index is -0.0285. The molecule has 1 atom stereocenters. The zero-order valence-electron chi connectivity index (χ0n) is 6.23. The number of hydrogen-bond acceptors (Lipinski definition) is 3. The highest BCUT2D eigenvalue weighted by Gasteiger charge is 2.11. The van der Waals surface area contributed by atoms with E-state index >= 15 is 0 Å². The van der Waals surface area contributed by atoms with Crippen molar-refractivity contribution in [3.8, 4) is 0 Å². The zero-order valence-corrected chi connectivity index (χ0v) is 6.23. The summed E-state index contributed by atoms with van der Waals surface area (Å²) >= 11 is 0. The summed E-state index contributed by atoms with van der Waals surface area (Å²) in [6.45, 7) is 0.804. The Balaban J connectivity index is 2.28. The zero-order chi connectivity index (χ0) is 8.10. The molecule has 1 unspecified atom stereocenters. The summed E-state index contributed by atoms with van der Waals surface area (Å²) in [6, 6.07) is 0. The molecule has 0 spiro atoms. The molecule has 0 aromatic carbocycles. The van der Waals surface area contributed by atoms with Gasteiger partial charge in [-0.1, -0.05) is 0 Å². The number of nitrogens with zero attached hydrogens (tertiary/aromatic N) is 2. The fraction of sp³-hybridized carbons (Fsp3) is 0.667. The van der Waals surface area contributed by atoms with Crippen molar-refractivity contribution in [2.75, 3.05) is 6.61 Å². The van der Waals surface area contributed by atoms with Gasteiger partial charge in [0, 0.05) is 6.61 Å². The van der Waals surface area contributed by atoms with Crippen molar-refractivity contribution in [3.63, 3.8) is 0 Å². The van der Waals surface area contributed by atoms with Crippen molar-refractivity contribution < 1.29 is 4.74 Å². The number of hydrogen-bond donors (Lipinski definition) is 2. The van der Waals surface area contributed by atoms with Gasteiger partial charge in [0.2, 0.25) is 5.96 Å². The van der Waals surface area contributed by atoms with Crippen LogP contribution in [0.3, 0.4) is 0 Å². The van der Waals surface area contributed by atoms with Crippen LogP contribution in [-0.2, 0) is 4.74 Å². The SMILES string of the molecule is NC(N)=NN=CC1CCCO1. The molecule has 0 radical (unpaired) electrons. The van der Waals surface area contributed by atoms with Crippen molar-refractivity contribution in [1.82, 2.24) is 0 Å². The van der Waals surface area contributed by atoms with Gasteiger partial charge in [-0.3, -0.25) is 0 Å². The highest BCUT2D eigenvalue weighted by Crippen LogP contribution is 2.09. The Morgan fingerprint density at radius 2 is 2.36 bits per heavy atom. The van der Waals surface area contributed by atoms with Crippen LogP contribution in [0.4, 0.5) is 0 Å². The van der Waals surface area contributed by atoms with Crippen molar-refractivity contribution in [2.24, 2.45) is 21.7 Å². The van der Waals surface area contributed by atoms with Gasteiger partial charge in [0.1, 0.15) is 0 Å². The van der Waals surface area contributed by atoms with E-state index in [4.69, 9.17) is 16.2 Å². The van der Waals surface area contributed by atoms with Gasteiger partial charge in [-0.15, -0.1) is 5.10 Å². The first kappa shape index (κ1) is 8.00. The lowest BCUT2D eigenvalue weighted by atomic mass is 10.3. The summed E-state index contributed by atoms with van der Waals surface area (Å²) in [7, 11) is 0. The van der Waals surface area contributed by atoms with Gasteiger partial charge < -0.3 is 16.2 Å². The third kappa shape index (κ3) is 2.99. The molecular formula is C6H12N4O. The molecule has 1 fully saturated rings. The number of nitrogens with two attached hydrogens (primary N) is 2. The van der Waals surface area contributed by atoms with Crippen LogP contribution >= 0.6 is 0 Å². The molecule has 1 rings (SSSR count). The third-order valence-electron chi connectivity index (χ3n) is 1.37. The van der Waals surface area contributed by atoms with Crippen LogP contribution in [0.1, 0.15) is 12.8 Å². The molecule has 0 amide bonds. The van der Waals surface area contributed by atoms with Gasteiger partial charge in [0.05, 0.1) is 12.3 Å². The lowest BCUT2D eigenvalue weighted by Crippen LogP contribution is -2.22. The summed E-state index contributed by atoms with van der Waals surface area (Å²) in [5.41, 5.74) is 10.1. The van der Waals surface area contributed by atoms with Gasteiger partial charge in [0.15, 0.2) is 0 Å². The van der Waals surface area contributed by atoms with Crippen molar-refractivity contribution in [3.05, 3.63) is 0 Å². The summed E-state index contributed by atoms with van der Waals surface area (Å²) in [4.78, 5) is 0. The van der Waals surface area contributed by atoms with Gasteiger partial charge in [-0.25, -0.2) is 0 Å². The summed E-state index contributed by atoms with van der Waals surface area (Å²) in [5.74, 6) is -0.0285. The summed E-state index contributed by atoms with van der Waals surface area (Å²) in [6.07, 6.45) is 3.80. The molecule has 4 N–H and O–H groups in total. The van der Waals surface area contributed by atoms with E-state index < -0.39 is 0 Å². The lowest BCUT2D eigenvalue weighted by molar-refractivity contribution is 0.161. The Bertz CT molecular complexity index is 167. The van der Waals surface area contributed by atoms with Crippen LogP contribution in [0.5, 0.6) is 0 Å². The number of rotatable bonds is 2. The van der Waals surface area contributed by atoms with E-state index in [2.05, 4.69) is 10.2 Å². The predicted octanol–water partition coefficient (Wildman–Crippen LogP) is -0.575. The fourth-order valence-corrected chi connectivity index (χ4v) is 0.894. The highest BCUT2D eigenvalue weighted by molar-refractivity contribution is 5.76. The first-order valence-electron chi connectivity index (χ1n) is 3.53. The Morgan fingerprint density at radius 1 is 1.55 bits per heavy atom. The third-order valence-corrected chi connectivity index (χ3v) is 1.37. The normalized spacial score (nSPS) is 24.2. The summed E-state index contributed by atoms with van der Waals surface area (Å²) in [5, 5.41) is 7.09. The second-order valence-corrected chi connectivity index (χ2v) is 2.34. The van der Waals surface area contributed by atoms with E-state index in [-0.39, 0.29) is 12.1 Å². The van der Waals surface area contributed by atoms with E-state index in [1.807, 2.05) is 0 Å². The van der Waals surface area contributed by atoms with E-state index in [1.54, 1.807) is 6.21 Å². The Hall–Kier alpha value is -1.10. The van der Waals surface area contributed by atoms with Crippen molar-refractivity contribution in [2.45, 2.75) is 18.9 Å². The molecular weight excluding hydrogens is 144 g/mol. The molecule has 0 saturated carbocycles. The minimum Gasteiger partial charge on any atom is -0.372 e. The molecule has 0 aliphatic carbocycles. The monoisotopic (exact) mass is 156 g/mol. The number of ether oxygens (including phenoxy) is 1. The molecule has 1 heterocycles. The summed E-state index contributed by atoms with van der Waals surface area (Å²) < 4.78 is 5.23. The Labute approximate surface area is 65.1 Å². The van der Waals surface area contributed by atoms with Gasteiger partial charge in [-0.05, 0) is 12.8 Å². The standard InChI is InChI=1S/C6H12N4O/c7-6(8)10-9-4-5-2-1-3-11-5/h4-5H,1-3H2,(H4,7,8,10). The van der Waals surface area contributed by atoms with Crippen LogP contribution in [0.2, 0.25) is 0 Å². The van der Waals surface area contributed by atoms with Crippen LogP contribution in [0.25, 0.3) is 0 Å². The first-order chi connectivity index (χ1) is 5.29. The minimum absolute atomic E-state index is 0.0285. The Kier molecular flexibility index (Phi) is 2.85. The maximum Gasteiger partial charge on any atom is 0.211 e. The molecule has 0 aromatic heterocycles. The highest BCUT2D eigenvalue weighted by atomic mass is 16.5. The molecule has 1 saturated heterocycles.